The smallest absolute Gasteiger partial charge is 0.296 e. The Labute approximate surface area is 103 Å². The third-order valence-corrected chi connectivity index (χ3v) is 2.60. The average molecular weight is 243 g/mol. The van der Waals surface area contributed by atoms with E-state index in [0.717, 1.165) is 11.2 Å². The molecule has 3 rings (SSSR count). The molecular formula is C12H13N5O. The van der Waals surface area contributed by atoms with Gasteiger partial charge in [0, 0.05) is 25.0 Å². The number of nitrogens with two attached hydrogens (primary N) is 1. The lowest BCUT2D eigenvalue weighted by molar-refractivity contribution is 0.613. The fourth-order valence-electron chi connectivity index (χ4n) is 1.74. The van der Waals surface area contributed by atoms with Crippen LogP contribution in [-0.4, -0.2) is 14.8 Å². The van der Waals surface area contributed by atoms with Crippen molar-refractivity contribution in [2.24, 2.45) is 7.05 Å². The summed E-state index contributed by atoms with van der Waals surface area (Å²) in [6, 6.07) is 7.80. The predicted molar refractivity (Wildman–Crippen MR) is 69.0 cm³/mol. The zero-order chi connectivity index (χ0) is 12.5. The standard InChI is InChI=1S/C12H13N5O/c1-17-5-4-9(16-17)7-14-12-15-10-3-2-8(13)6-11(10)18-12/h2-6H,7,13H2,1H3,(H,14,15). The number of benzene rings is 1. The summed E-state index contributed by atoms with van der Waals surface area (Å²) in [6.45, 7) is 0.573. The number of nitrogens with zero attached hydrogens (tertiary/aromatic N) is 3. The molecule has 0 amide bonds. The van der Waals surface area contributed by atoms with Gasteiger partial charge in [0.25, 0.3) is 6.01 Å². The maximum atomic E-state index is 5.68. The van der Waals surface area contributed by atoms with Gasteiger partial charge in [-0.15, -0.1) is 0 Å². The summed E-state index contributed by atoms with van der Waals surface area (Å²) in [5.41, 5.74) is 8.74. The normalized spacial score (nSPS) is 10.9. The largest absolute Gasteiger partial charge is 0.423 e. The first kappa shape index (κ1) is 10.6. The number of anilines is 2. The second-order valence-corrected chi connectivity index (χ2v) is 4.08. The van der Waals surface area contributed by atoms with Crippen LogP contribution < -0.4 is 11.1 Å². The minimum Gasteiger partial charge on any atom is -0.423 e. The van der Waals surface area contributed by atoms with E-state index in [1.807, 2.05) is 25.4 Å². The molecule has 1 aromatic carbocycles. The van der Waals surface area contributed by atoms with Gasteiger partial charge in [-0.25, -0.2) is 0 Å². The van der Waals surface area contributed by atoms with Crippen molar-refractivity contribution in [3.8, 4) is 0 Å². The molecule has 0 saturated carbocycles. The second kappa shape index (κ2) is 4.06. The van der Waals surface area contributed by atoms with E-state index in [0.29, 0.717) is 23.8 Å². The molecule has 3 N–H and O–H groups in total. The first-order chi connectivity index (χ1) is 8.70. The number of nitrogen functional groups attached to an aromatic ring is 1. The molecule has 3 aromatic rings. The van der Waals surface area contributed by atoms with Gasteiger partial charge >= 0.3 is 0 Å². The van der Waals surface area contributed by atoms with Crippen LogP contribution in [0, 0.1) is 0 Å². The predicted octanol–water partition coefficient (Wildman–Crippen LogP) is 1.76. The molecule has 0 spiro atoms. The van der Waals surface area contributed by atoms with E-state index in [9.17, 15) is 0 Å². The van der Waals surface area contributed by atoms with Crippen LogP contribution in [0.25, 0.3) is 11.1 Å². The van der Waals surface area contributed by atoms with E-state index in [4.69, 9.17) is 10.2 Å². The zero-order valence-corrected chi connectivity index (χ0v) is 9.92. The van der Waals surface area contributed by atoms with E-state index in [1.54, 1.807) is 16.8 Å². The van der Waals surface area contributed by atoms with Crippen LogP contribution in [0.2, 0.25) is 0 Å². The molecule has 0 unspecified atom stereocenters. The van der Waals surface area contributed by atoms with Crippen LogP contribution in [0.4, 0.5) is 11.7 Å². The molecule has 0 radical (unpaired) electrons. The summed E-state index contributed by atoms with van der Waals surface area (Å²) >= 11 is 0. The van der Waals surface area contributed by atoms with Crippen LogP contribution in [0.3, 0.4) is 0 Å². The lowest BCUT2D eigenvalue weighted by Gasteiger charge is -1.96. The molecule has 2 heterocycles. The highest BCUT2D eigenvalue weighted by atomic mass is 16.4. The summed E-state index contributed by atoms with van der Waals surface area (Å²) in [4.78, 5) is 4.31. The molecule has 6 nitrogen and oxygen atoms in total. The Balaban J connectivity index is 1.78. The topological polar surface area (TPSA) is 81.9 Å². The van der Waals surface area contributed by atoms with Gasteiger partial charge in [-0.3, -0.25) is 4.68 Å². The SMILES string of the molecule is Cn1ccc(CNc2nc3ccc(N)cc3o2)n1. The van der Waals surface area contributed by atoms with Gasteiger partial charge in [-0.05, 0) is 18.2 Å². The number of nitrogens with one attached hydrogen (secondary N) is 1. The third-order valence-electron chi connectivity index (χ3n) is 2.60. The van der Waals surface area contributed by atoms with Crippen LogP contribution in [0.1, 0.15) is 5.69 Å². The number of aromatic nitrogens is 3. The number of hydrogen-bond acceptors (Lipinski definition) is 5. The van der Waals surface area contributed by atoms with Gasteiger partial charge in [0.1, 0.15) is 5.52 Å². The summed E-state index contributed by atoms with van der Waals surface area (Å²) in [5.74, 6) is 0. The zero-order valence-electron chi connectivity index (χ0n) is 9.92. The van der Waals surface area contributed by atoms with Gasteiger partial charge in [0.2, 0.25) is 0 Å². The van der Waals surface area contributed by atoms with Crippen LogP contribution in [-0.2, 0) is 13.6 Å². The number of hydrogen-bond donors (Lipinski definition) is 2. The Morgan fingerprint density at radius 2 is 2.28 bits per heavy atom. The van der Waals surface area contributed by atoms with E-state index >= 15 is 0 Å². The van der Waals surface area contributed by atoms with Crippen molar-refractivity contribution in [3.63, 3.8) is 0 Å². The Bertz CT molecular complexity index is 685. The Morgan fingerprint density at radius 3 is 3.06 bits per heavy atom. The van der Waals surface area contributed by atoms with Crippen molar-refractivity contribution in [2.45, 2.75) is 6.54 Å². The summed E-state index contributed by atoms with van der Waals surface area (Å²) in [7, 11) is 1.88. The molecular weight excluding hydrogens is 230 g/mol. The molecule has 0 bridgehead atoms. The van der Waals surface area contributed by atoms with E-state index in [-0.39, 0.29) is 0 Å². The van der Waals surface area contributed by atoms with Gasteiger partial charge < -0.3 is 15.5 Å². The molecule has 0 aliphatic rings. The van der Waals surface area contributed by atoms with Gasteiger partial charge in [0.15, 0.2) is 5.58 Å². The van der Waals surface area contributed by atoms with E-state index in [1.165, 1.54) is 0 Å². The first-order valence-corrected chi connectivity index (χ1v) is 5.59. The summed E-state index contributed by atoms with van der Waals surface area (Å²) < 4.78 is 7.29. The summed E-state index contributed by atoms with van der Waals surface area (Å²) in [5, 5.41) is 7.35. The van der Waals surface area contributed by atoms with Crippen molar-refractivity contribution in [2.75, 3.05) is 11.1 Å². The molecule has 0 aliphatic heterocycles. The van der Waals surface area contributed by atoms with E-state index in [2.05, 4.69) is 15.4 Å². The fourth-order valence-corrected chi connectivity index (χ4v) is 1.74. The van der Waals surface area contributed by atoms with Gasteiger partial charge in [-0.2, -0.15) is 10.1 Å². The average Bonchev–Trinajstić information content (AvgIpc) is 2.92. The van der Waals surface area contributed by atoms with Crippen molar-refractivity contribution < 1.29 is 4.42 Å². The maximum Gasteiger partial charge on any atom is 0.296 e. The Kier molecular flexibility index (Phi) is 2.40. The molecule has 2 aromatic heterocycles. The fraction of sp³-hybridized carbons (Fsp3) is 0.167. The molecule has 18 heavy (non-hydrogen) atoms. The van der Waals surface area contributed by atoms with Crippen LogP contribution in [0.15, 0.2) is 34.9 Å². The second-order valence-electron chi connectivity index (χ2n) is 4.08. The van der Waals surface area contributed by atoms with Crippen LogP contribution >= 0.6 is 0 Å². The van der Waals surface area contributed by atoms with Gasteiger partial charge in [0.05, 0.1) is 12.2 Å². The third kappa shape index (κ3) is 2.00. The van der Waals surface area contributed by atoms with Crippen molar-refractivity contribution in [3.05, 3.63) is 36.2 Å². The highest BCUT2D eigenvalue weighted by Crippen LogP contribution is 2.21. The quantitative estimate of drug-likeness (QED) is 0.685. The number of aryl methyl sites for hydroxylation is 1. The Morgan fingerprint density at radius 1 is 1.39 bits per heavy atom. The van der Waals surface area contributed by atoms with Gasteiger partial charge in [-0.1, -0.05) is 0 Å². The first-order valence-electron chi connectivity index (χ1n) is 5.59. The number of fused-ring (bicyclic) bond motifs is 1. The molecule has 0 saturated heterocycles. The summed E-state index contributed by atoms with van der Waals surface area (Å²) in [6.07, 6.45) is 1.89. The minimum atomic E-state index is 0.473. The van der Waals surface area contributed by atoms with E-state index < -0.39 is 0 Å². The molecule has 0 atom stereocenters. The minimum absolute atomic E-state index is 0.473. The van der Waals surface area contributed by atoms with Crippen molar-refractivity contribution in [1.82, 2.24) is 14.8 Å². The lowest BCUT2D eigenvalue weighted by atomic mass is 10.3. The molecule has 0 aliphatic carbocycles. The number of oxazole rings is 1. The van der Waals surface area contributed by atoms with Crippen LogP contribution in [0.5, 0.6) is 0 Å². The molecule has 6 heteroatoms. The highest BCUT2D eigenvalue weighted by molar-refractivity contribution is 5.78. The van der Waals surface area contributed by atoms with Crippen molar-refractivity contribution in [1.29, 1.82) is 0 Å². The maximum absolute atomic E-state index is 5.68. The van der Waals surface area contributed by atoms with Crippen molar-refractivity contribution >= 4 is 22.8 Å². The Hall–Kier alpha value is -2.50. The monoisotopic (exact) mass is 243 g/mol. The molecule has 92 valence electrons. The lowest BCUT2D eigenvalue weighted by Crippen LogP contribution is -2.01. The molecule has 0 fully saturated rings. The highest BCUT2D eigenvalue weighted by Gasteiger charge is 2.06. The number of rotatable bonds is 3.